The average molecular weight is 246 g/mol. The first-order valence-electron chi connectivity index (χ1n) is 6.29. The van der Waals surface area contributed by atoms with Crippen molar-refractivity contribution in [3.05, 3.63) is 36.0 Å². The Balaban J connectivity index is 1.68. The number of benzene rings is 1. The van der Waals surface area contributed by atoms with Crippen molar-refractivity contribution < 1.29 is 0 Å². The number of aromatic amines is 1. The predicted octanol–water partition coefficient (Wildman–Crippen LogP) is 3.15. The van der Waals surface area contributed by atoms with Crippen LogP contribution in [0.5, 0.6) is 0 Å². The largest absolute Gasteiger partial charge is 0.361 e. The smallest absolute Gasteiger partial charge is 0.0457 e. The second kappa shape index (κ2) is 5.15. The SMILES string of the molecule is c1ccc2c(CNC3CCCSC3)c[nH]c2c1. The number of hydrogen-bond donors (Lipinski definition) is 2. The molecule has 0 spiro atoms. The number of aromatic nitrogens is 1. The Morgan fingerprint density at radius 3 is 3.18 bits per heavy atom. The van der Waals surface area contributed by atoms with Gasteiger partial charge in [-0.05, 0) is 30.2 Å². The first kappa shape index (κ1) is 11.2. The number of fused-ring (bicyclic) bond motifs is 1. The van der Waals surface area contributed by atoms with E-state index in [0.717, 1.165) is 6.54 Å². The van der Waals surface area contributed by atoms with Crippen molar-refractivity contribution in [1.29, 1.82) is 0 Å². The predicted molar refractivity (Wildman–Crippen MR) is 75.5 cm³/mol. The maximum atomic E-state index is 3.68. The summed E-state index contributed by atoms with van der Waals surface area (Å²) >= 11 is 2.07. The molecule has 1 aliphatic rings. The van der Waals surface area contributed by atoms with E-state index in [1.54, 1.807) is 0 Å². The Labute approximate surface area is 106 Å². The molecule has 1 unspecified atom stereocenters. The van der Waals surface area contributed by atoms with Crippen LogP contribution in [-0.4, -0.2) is 22.5 Å². The van der Waals surface area contributed by atoms with Gasteiger partial charge in [-0.1, -0.05) is 18.2 Å². The van der Waals surface area contributed by atoms with Crippen LogP contribution in [0.3, 0.4) is 0 Å². The Hall–Kier alpha value is -0.930. The molecule has 0 saturated carbocycles. The van der Waals surface area contributed by atoms with Gasteiger partial charge >= 0.3 is 0 Å². The lowest BCUT2D eigenvalue weighted by atomic mass is 10.1. The molecule has 0 radical (unpaired) electrons. The number of para-hydroxylation sites is 1. The van der Waals surface area contributed by atoms with Gasteiger partial charge < -0.3 is 10.3 Å². The summed E-state index contributed by atoms with van der Waals surface area (Å²) in [5.74, 6) is 2.60. The van der Waals surface area contributed by atoms with Crippen LogP contribution < -0.4 is 5.32 Å². The van der Waals surface area contributed by atoms with Gasteiger partial charge in [0, 0.05) is 35.4 Å². The molecule has 17 heavy (non-hydrogen) atoms. The summed E-state index contributed by atoms with van der Waals surface area (Å²) in [5, 5.41) is 5.03. The topological polar surface area (TPSA) is 27.8 Å². The summed E-state index contributed by atoms with van der Waals surface area (Å²) in [7, 11) is 0. The highest BCUT2D eigenvalue weighted by atomic mass is 32.2. The molecule has 2 N–H and O–H groups in total. The highest BCUT2D eigenvalue weighted by Gasteiger charge is 2.13. The zero-order chi connectivity index (χ0) is 11.5. The van der Waals surface area contributed by atoms with Gasteiger partial charge in [0.2, 0.25) is 0 Å². The fourth-order valence-corrected chi connectivity index (χ4v) is 3.54. The van der Waals surface area contributed by atoms with E-state index in [0.29, 0.717) is 6.04 Å². The quantitative estimate of drug-likeness (QED) is 0.870. The Kier molecular flexibility index (Phi) is 3.39. The lowest BCUT2D eigenvalue weighted by molar-refractivity contribution is 0.509. The minimum absolute atomic E-state index is 0.697. The molecule has 0 aliphatic carbocycles. The molecular formula is C14H18N2S. The highest BCUT2D eigenvalue weighted by Crippen LogP contribution is 2.20. The van der Waals surface area contributed by atoms with E-state index in [2.05, 4.69) is 52.5 Å². The summed E-state index contributed by atoms with van der Waals surface area (Å²) in [6.45, 7) is 0.981. The molecule has 1 atom stereocenters. The van der Waals surface area contributed by atoms with Crippen LogP contribution in [0, 0.1) is 0 Å². The molecule has 1 aromatic carbocycles. The van der Waals surface area contributed by atoms with Crippen LogP contribution >= 0.6 is 11.8 Å². The van der Waals surface area contributed by atoms with Crippen molar-refractivity contribution in [3.63, 3.8) is 0 Å². The van der Waals surface area contributed by atoms with Crippen LogP contribution in [0.4, 0.5) is 0 Å². The molecule has 1 saturated heterocycles. The first-order chi connectivity index (χ1) is 8.43. The maximum Gasteiger partial charge on any atom is 0.0457 e. The minimum atomic E-state index is 0.697. The number of H-pyrrole nitrogens is 1. The van der Waals surface area contributed by atoms with Crippen molar-refractivity contribution >= 4 is 22.7 Å². The molecule has 2 aromatic rings. The van der Waals surface area contributed by atoms with Crippen molar-refractivity contribution in [3.8, 4) is 0 Å². The molecule has 2 nitrogen and oxygen atoms in total. The van der Waals surface area contributed by atoms with E-state index < -0.39 is 0 Å². The highest BCUT2D eigenvalue weighted by molar-refractivity contribution is 7.99. The fraction of sp³-hybridized carbons (Fsp3) is 0.429. The Morgan fingerprint density at radius 2 is 2.29 bits per heavy atom. The zero-order valence-electron chi connectivity index (χ0n) is 9.91. The summed E-state index contributed by atoms with van der Waals surface area (Å²) in [6, 6.07) is 9.21. The second-order valence-corrected chi connectivity index (χ2v) is 5.80. The summed E-state index contributed by atoms with van der Waals surface area (Å²) < 4.78 is 0. The first-order valence-corrected chi connectivity index (χ1v) is 7.45. The average Bonchev–Trinajstić information content (AvgIpc) is 2.81. The van der Waals surface area contributed by atoms with E-state index in [9.17, 15) is 0 Å². The molecule has 3 rings (SSSR count). The third-order valence-electron chi connectivity index (χ3n) is 3.42. The molecule has 1 fully saturated rings. The fourth-order valence-electron chi connectivity index (χ4n) is 2.43. The number of hydrogen-bond acceptors (Lipinski definition) is 2. The lowest BCUT2D eigenvalue weighted by Crippen LogP contribution is -2.33. The number of rotatable bonds is 3. The molecule has 0 bridgehead atoms. The van der Waals surface area contributed by atoms with Crippen molar-refractivity contribution in [2.45, 2.75) is 25.4 Å². The third kappa shape index (κ3) is 2.50. The third-order valence-corrected chi connectivity index (χ3v) is 4.63. The maximum absolute atomic E-state index is 3.68. The molecule has 1 aliphatic heterocycles. The molecular weight excluding hydrogens is 228 g/mol. The van der Waals surface area contributed by atoms with E-state index in [1.165, 1.54) is 40.8 Å². The van der Waals surface area contributed by atoms with Crippen molar-refractivity contribution in [2.24, 2.45) is 0 Å². The van der Waals surface area contributed by atoms with Gasteiger partial charge in [0.1, 0.15) is 0 Å². The monoisotopic (exact) mass is 246 g/mol. The normalized spacial score (nSPS) is 20.8. The lowest BCUT2D eigenvalue weighted by Gasteiger charge is -2.22. The van der Waals surface area contributed by atoms with E-state index >= 15 is 0 Å². The molecule has 3 heteroatoms. The van der Waals surface area contributed by atoms with Gasteiger partial charge in [0.05, 0.1) is 0 Å². The second-order valence-electron chi connectivity index (χ2n) is 4.65. The van der Waals surface area contributed by atoms with Crippen molar-refractivity contribution in [2.75, 3.05) is 11.5 Å². The van der Waals surface area contributed by atoms with E-state index in [-0.39, 0.29) is 0 Å². The van der Waals surface area contributed by atoms with Gasteiger partial charge in [0.25, 0.3) is 0 Å². The summed E-state index contributed by atoms with van der Waals surface area (Å²) in [4.78, 5) is 3.33. The van der Waals surface area contributed by atoms with Gasteiger partial charge in [-0.15, -0.1) is 0 Å². The van der Waals surface area contributed by atoms with Gasteiger partial charge in [-0.25, -0.2) is 0 Å². The molecule has 0 amide bonds. The van der Waals surface area contributed by atoms with Gasteiger partial charge in [0.15, 0.2) is 0 Å². The van der Waals surface area contributed by atoms with Crippen LogP contribution in [0.25, 0.3) is 10.9 Å². The van der Waals surface area contributed by atoms with Crippen LogP contribution in [0.15, 0.2) is 30.5 Å². The minimum Gasteiger partial charge on any atom is -0.361 e. The van der Waals surface area contributed by atoms with Gasteiger partial charge in [-0.3, -0.25) is 0 Å². The standard InChI is InChI=1S/C14H18N2S/c1-2-6-14-13(5-1)11(9-16-14)8-15-12-4-3-7-17-10-12/h1-2,5-6,9,12,15-16H,3-4,7-8,10H2. The Bertz CT molecular complexity index is 486. The number of nitrogens with one attached hydrogen (secondary N) is 2. The van der Waals surface area contributed by atoms with Crippen LogP contribution in [0.2, 0.25) is 0 Å². The molecule has 2 heterocycles. The molecule has 1 aromatic heterocycles. The Morgan fingerprint density at radius 1 is 1.35 bits per heavy atom. The van der Waals surface area contributed by atoms with Crippen molar-refractivity contribution in [1.82, 2.24) is 10.3 Å². The van der Waals surface area contributed by atoms with E-state index in [4.69, 9.17) is 0 Å². The summed E-state index contributed by atoms with van der Waals surface area (Å²) in [6.07, 6.45) is 4.82. The van der Waals surface area contributed by atoms with Gasteiger partial charge in [-0.2, -0.15) is 11.8 Å². The summed E-state index contributed by atoms with van der Waals surface area (Å²) in [5.41, 5.74) is 2.62. The van der Waals surface area contributed by atoms with Crippen LogP contribution in [0.1, 0.15) is 18.4 Å². The van der Waals surface area contributed by atoms with E-state index in [1.807, 2.05) is 0 Å². The zero-order valence-corrected chi connectivity index (χ0v) is 10.7. The number of thioether (sulfide) groups is 1. The van der Waals surface area contributed by atoms with Crippen LogP contribution in [-0.2, 0) is 6.54 Å². The molecule has 90 valence electrons.